The number of nitrogens with zero attached hydrogens (tertiary/aromatic N) is 1. The zero-order valence-electron chi connectivity index (χ0n) is 16.0. The molecule has 0 bridgehead atoms. The lowest BCUT2D eigenvalue weighted by Gasteiger charge is -2.44. The lowest BCUT2D eigenvalue weighted by Crippen LogP contribution is -2.69. The Labute approximate surface area is 146 Å². The van der Waals surface area contributed by atoms with E-state index in [9.17, 15) is 9.59 Å². The summed E-state index contributed by atoms with van der Waals surface area (Å²) in [4.78, 5) is 27.7. The van der Waals surface area contributed by atoms with E-state index in [1.165, 1.54) is 6.92 Å². The molecule has 2 rings (SSSR count). The lowest BCUT2D eigenvalue weighted by atomic mass is 9.72. The van der Waals surface area contributed by atoms with Gasteiger partial charge in [-0.15, -0.1) is 6.58 Å². The highest BCUT2D eigenvalue weighted by Crippen LogP contribution is 2.71. The number of carbonyl (C=O) groups is 2. The summed E-state index contributed by atoms with van der Waals surface area (Å²) in [5.41, 5.74) is -1.37. The third-order valence-electron chi connectivity index (χ3n) is 5.47. The van der Waals surface area contributed by atoms with Gasteiger partial charge in [0.1, 0.15) is 5.54 Å². The number of allylic oxidation sites excluding steroid dienone is 1. The second-order valence-electron chi connectivity index (χ2n) is 8.95. The Balaban J connectivity index is 2.50. The molecule has 0 saturated heterocycles. The number of nitrogens with one attached hydrogen (secondary N) is 2. The summed E-state index contributed by atoms with van der Waals surface area (Å²) in [7, 11) is 4.07. The minimum atomic E-state index is -0.852. The van der Waals surface area contributed by atoms with E-state index in [-0.39, 0.29) is 28.7 Å². The molecule has 2 aliphatic carbocycles. The van der Waals surface area contributed by atoms with Crippen molar-refractivity contribution in [3.05, 3.63) is 12.7 Å². The standard InChI is InChI=1S/C19H33N3O2/c1-8-9-14-10-15-11-18(15,12-22(6)7)19(14,20-13(2)23)16(24)21-17(3,4)5/h8,14-15H,1,9-12H2,2-7H3,(H,20,23)(H,21,24)/t14?,15-,18-,19?/m1/s1. The van der Waals surface area contributed by atoms with Gasteiger partial charge in [0.25, 0.3) is 0 Å². The molecule has 0 spiro atoms. The number of amides is 2. The number of hydrogen-bond acceptors (Lipinski definition) is 3. The van der Waals surface area contributed by atoms with Crippen molar-refractivity contribution < 1.29 is 9.59 Å². The number of fused-ring (bicyclic) bond motifs is 1. The normalized spacial score (nSPS) is 34.6. The Bertz CT molecular complexity index is 537. The summed E-state index contributed by atoms with van der Waals surface area (Å²) in [5, 5.41) is 6.27. The molecule has 2 fully saturated rings. The third-order valence-corrected chi connectivity index (χ3v) is 5.47. The average Bonchev–Trinajstić information content (AvgIpc) is 3.00. The summed E-state index contributed by atoms with van der Waals surface area (Å²) >= 11 is 0. The number of hydrogen-bond donors (Lipinski definition) is 2. The van der Waals surface area contributed by atoms with Crippen LogP contribution in [0.3, 0.4) is 0 Å². The molecule has 2 saturated carbocycles. The number of rotatable bonds is 6. The van der Waals surface area contributed by atoms with Crippen LogP contribution in [0.25, 0.3) is 0 Å². The van der Waals surface area contributed by atoms with Gasteiger partial charge in [-0.2, -0.15) is 0 Å². The largest absolute Gasteiger partial charge is 0.349 e. The molecule has 0 aromatic heterocycles. The van der Waals surface area contributed by atoms with Gasteiger partial charge in [0.05, 0.1) is 0 Å². The minimum absolute atomic E-state index is 0.0427. The minimum Gasteiger partial charge on any atom is -0.349 e. The summed E-state index contributed by atoms with van der Waals surface area (Å²) in [6, 6.07) is 0. The maximum Gasteiger partial charge on any atom is 0.247 e. The van der Waals surface area contributed by atoms with Crippen molar-refractivity contribution in [1.29, 1.82) is 0 Å². The van der Waals surface area contributed by atoms with E-state index in [2.05, 4.69) is 22.1 Å². The Hall–Kier alpha value is -1.36. The Kier molecular flexibility index (Phi) is 4.88. The SMILES string of the molecule is C=CCC1C[C@@H]2C[C@]2(CN(C)C)C1(NC(C)=O)C(=O)NC(C)(C)C. The second-order valence-corrected chi connectivity index (χ2v) is 8.95. The molecule has 5 nitrogen and oxygen atoms in total. The van der Waals surface area contributed by atoms with Crippen LogP contribution >= 0.6 is 0 Å². The van der Waals surface area contributed by atoms with Gasteiger partial charge in [0, 0.05) is 24.4 Å². The van der Waals surface area contributed by atoms with Crippen LogP contribution in [0.2, 0.25) is 0 Å². The molecule has 2 N–H and O–H groups in total. The van der Waals surface area contributed by atoms with Crippen molar-refractivity contribution in [2.24, 2.45) is 17.3 Å². The van der Waals surface area contributed by atoms with Gasteiger partial charge in [-0.05, 0) is 66.0 Å². The molecule has 0 heterocycles. The summed E-state index contributed by atoms with van der Waals surface area (Å²) in [6.07, 6.45) is 4.58. The van der Waals surface area contributed by atoms with Crippen LogP contribution in [-0.2, 0) is 9.59 Å². The summed E-state index contributed by atoms with van der Waals surface area (Å²) in [6.45, 7) is 12.1. The first-order valence-electron chi connectivity index (χ1n) is 8.85. The van der Waals surface area contributed by atoms with Crippen LogP contribution < -0.4 is 10.6 Å². The maximum atomic E-state index is 13.4. The molecule has 4 atom stereocenters. The van der Waals surface area contributed by atoms with Crippen LogP contribution in [0.5, 0.6) is 0 Å². The fraction of sp³-hybridized carbons (Fsp3) is 0.789. The Morgan fingerprint density at radius 2 is 1.96 bits per heavy atom. The quantitative estimate of drug-likeness (QED) is 0.729. The zero-order chi connectivity index (χ0) is 18.3. The molecule has 0 radical (unpaired) electrons. The van der Waals surface area contributed by atoms with Crippen molar-refractivity contribution in [2.45, 2.75) is 58.0 Å². The van der Waals surface area contributed by atoms with E-state index in [0.717, 1.165) is 25.8 Å². The van der Waals surface area contributed by atoms with Gasteiger partial charge >= 0.3 is 0 Å². The van der Waals surface area contributed by atoms with Crippen molar-refractivity contribution in [1.82, 2.24) is 15.5 Å². The van der Waals surface area contributed by atoms with Gasteiger partial charge in [-0.3, -0.25) is 9.59 Å². The molecule has 2 unspecified atom stereocenters. The predicted octanol–water partition coefficient (Wildman–Crippen LogP) is 1.94. The third kappa shape index (κ3) is 3.10. The molecular weight excluding hydrogens is 302 g/mol. The van der Waals surface area contributed by atoms with Crippen molar-refractivity contribution >= 4 is 11.8 Å². The van der Waals surface area contributed by atoms with E-state index < -0.39 is 5.54 Å². The van der Waals surface area contributed by atoms with E-state index in [1.807, 2.05) is 40.9 Å². The van der Waals surface area contributed by atoms with Crippen LogP contribution in [0.4, 0.5) is 0 Å². The first-order valence-corrected chi connectivity index (χ1v) is 8.85. The molecule has 0 aliphatic heterocycles. The van der Waals surface area contributed by atoms with Crippen molar-refractivity contribution in [2.75, 3.05) is 20.6 Å². The average molecular weight is 335 g/mol. The van der Waals surface area contributed by atoms with Gasteiger partial charge in [0.15, 0.2) is 0 Å². The first kappa shape index (κ1) is 19.0. The topological polar surface area (TPSA) is 61.4 Å². The fourth-order valence-corrected chi connectivity index (χ4v) is 4.87. The van der Waals surface area contributed by atoms with Crippen LogP contribution in [0, 0.1) is 17.3 Å². The number of carbonyl (C=O) groups excluding carboxylic acids is 2. The summed E-state index contributed by atoms with van der Waals surface area (Å²) < 4.78 is 0. The smallest absolute Gasteiger partial charge is 0.247 e. The molecular formula is C19H33N3O2. The van der Waals surface area contributed by atoms with E-state index in [1.54, 1.807) is 0 Å². The highest BCUT2D eigenvalue weighted by Gasteiger charge is 2.77. The fourth-order valence-electron chi connectivity index (χ4n) is 4.87. The highest BCUT2D eigenvalue weighted by molar-refractivity contribution is 5.94. The molecule has 24 heavy (non-hydrogen) atoms. The molecule has 5 heteroatoms. The zero-order valence-corrected chi connectivity index (χ0v) is 16.0. The van der Waals surface area contributed by atoms with Gasteiger partial charge < -0.3 is 15.5 Å². The van der Waals surface area contributed by atoms with E-state index >= 15 is 0 Å². The molecule has 2 amide bonds. The first-order chi connectivity index (χ1) is 11.0. The van der Waals surface area contributed by atoms with Gasteiger partial charge in [0.2, 0.25) is 11.8 Å². The Morgan fingerprint density at radius 1 is 1.33 bits per heavy atom. The van der Waals surface area contributed by atoms with Crippen LogP contribution in [-0.4, -0.2) is 48.4 Å². The summed E-state index contributed by atoms with van der Waals surface area (Å²) in [5.74, 6) is 0.403. The van der Waals surface area contributed by atoms with Crippen molar-refractivity contribution in [3.63, 3.8) is 0 Å². The monoisotopic (exact) mass is 335 g/mol. The maximum absolute atomic E-state index is 13.4. The predicted molar refractivity (Wildman–Crippen MR) is 96.5 cm³/mol. The highest BCUT2D eigenvalue weighted by atomic mass is 16.2. The second kappa shape index (κ2) is 6.17. The van der Waals surface area contributed by atoms with E-state index in [4.69, 9.17) is 0 Å². The van der Waals surface area contributed by atoms with E-state index in [0.29, 0.717) is 5.92 Å². The molecule has 0 aromatic carbocycles. The molecule has 136 valence electrons. The lowest BCUT2D eigenvalue weighted by molar-refractivity contribution is -0.139. The van der Waals surface area contributed by atoms with Crippen LogP contribution in [0.1, 0.15) is 47.0 Å². The Morgan fingerprint density at radius 3 is 2.42 bits per heavy atom. The molecule has 0 aromatic rings. The van der Waals surface area contributed by atoms with Gasteiger partial charge in [-0.25, -0.2) is 0 Å². The van der Waals surface area contributed by atoms with Crippen LogP contribution in [0.15, 0.2) is 12.7 Å². The molecule has 2 aliphatic rings. The van der Waals surface area contributed by atoms with Crippen molar-refractivity contribution in [3.8, 4) is 0 Å². The van der Waals surface area contributed by atoms with Gasteiger partial charge in [-0.1, -0.05) is 6.08 Å².